The van der Waals surface area contributed by atoms with Gasteiger partial charge < -0.3 is 19.7 Å². The monoisotopic (exact) mass is 424 g/mol. The van der Waals surface area contributed by atoms with Crippen molar-refractivity contribution in [2.45, 2.75) is 38.8 Å². The van der Waals surface area contributed by atoms with Crippen LogP contribution in [0, 0.1) is 0 Å². The molecule has 3 heterocycles. The van der Waals surface area contributed by atoms with Crippen LogP contribution >= 0.6 is 0 Å². The highest BCUT2D eigenvalue weighted by molar-refractivity contribution is 5.82. The third-order valence-corrected chi connectivity index (χ3v) is 6.69. The van der Waals surface area contributed by atoms with Crippen molar-refractivity contribution in [1.29, 1.82) is 0 Å². The molecule has 31 heavy (non-hydrogen) atoms. The van der Waals surface area contributed by atoms with Gasteiger partial charge in [-0.05, 0) is 43.7 Å². The molecule has 1 aromatic carbocycles. The Balaban J connectivity index is 1.21. The standard InChI is InChI=1S/C24H36N6O/c1-20(23(31)29-12-5-6-13-29)27-16-18-30(19-17-27)24(25-2)26-11-7-14-28-15-10-21-8-3-4-9-22(21)28/h3-4,8-10,15,20H,5-7,11-14,16-19H2,1-2H3,(H,25,26). The van der Waals surface area contributed by atoms with Crippen LogP contribution in [0.3, 0.4) is 0 Å². The number of carbonyl (C=O) groups excluding carboxylic acids is 1. The van der Waals surface area contributed by atoms with Crippen LogP contribution in [0.2, 0.25) is 0 Å². The molecule has 0 radical (unpaired) electrons. The number of aryl methyl sites for hydroxylation is 1. The molecule has 2 aliphatic rings. The molecule has 2 fully saturated rings. The predicted molar refractivity (Wildman–Crippen MR) is 126 cm³/mol. The fraction of sp³-hybridized carbons (Fsp3) is 0.583. The van der Waals surface area contributed by atoms with Crippen LogP contribution in [0.4, 0.5) is 0 Å². The fourth-order valence-electron chi connectivity index (χ4n) is 4.80. The van der Waals surface area contributed by atoms with Gasteiger partial charge in [-0.1, -0.05) is 18.2 Å². The Morgan fingerprint density at radius 2 is 1.77 bits per heavy atom. The summed E-state index contributed by atoms with van der Waals surface area (Å²) in [6.07, 6.45) is 5.51. The molecule has 0 aliphatic carbocycles. The second-order valence-electron chi connectivity index (χ2n) is 8.63. The highest BCUT2D eigenvalue weighted by Gasteiger charge is 2.30. The molecule has 1 aromatic heterocycles. The molecule has 4 rings (SSSR count). The first-order valence-corrected chi connectivity index (χ1v) is 11.7. The summed E-state index contributed by atoms with van der Waals surface area (Å²) in [5.74, 6) is 1.27. The summed E-state index contributed by atoms with van der Waals surface area (Å²) in [5.41, 5.74) is 1.29. The molecule has 168 valence electrons. The number of carbonyl (C=O) groups is 1. The molecule has 1 amide bonds. The summed E-state index contributed by atoms with van der Waals surface area (Å²) in [5, 5.41) is 4.82. The average Bonchev–Trinajstić information content (AvgIpc) is 3.49. The number of hydrogen-bond acceptors (Lipinski definition) is 3. The first-order chi connectivity index (χ1) is 15.2. The van der Waals surface area contributed by atoms with E-state index in [0.717, 1.165) is 77.6 Å². The summed E-state index contributed by atoms with van der Waals surface area (Å²) < 4.78 is 2.32. The highest BCUT2D eigenvalue weighted by atomic mass is 16.2. The number of nitrogens with zero attached hydrogens (tertiary/aromatic N) is 5. The van der Waals surface area contributed by atoms with Gasteiger partial charge in [0.15, 0.2) is 5.96 Å². The van der Waals surface area contributed by atoms with E-state index >= 15 is 0 Å². The van der Waals surface area contributed by atoms with E-state index in [4.69, 9.17) is 0 Å². The van der Waals surface area contributed by atoms with Crippen LogP contribution in [0.25, 0.3) is 10.9 Å². The Morgan fingerprint density at radius 1 is 1.03 bits per heavy atom. The third kappa shape index (κ3) is 5.03. The largest absolute Gasteiger partial charge is 0.356 e. The first-order valence-electron chi connectivity index (χ1n) is 11.7. The lowest BCUT2D eigenvalue weighted by Gasteiger charge is -2.39. The topological polar surface area (TPSA) is 56.1 Å². The van der Waals surface area contributed by atoms with Crippen LogP contribution in [-0.4, -0.2) is 90.0 Å². The van der Waals surface area contributed by atoms with Gasteiger partial charge in [-0.25, -0.2) is 0 Å². The number of hydrogen-bond donors (Lipinski definition) is 1. The van der Waals surface area contributed by atoms with Crippen molar-refractivity contribution in [2.75, 3.05) is 52.9 Å². The number of fused-ring (bicyclic) bond motifs is 1. The number of guanidine groups is 1. The van der Waals surface area contributed by atoms with Crippen molar-refractivity contribution in [2.24, 2.45) is 4.99 Å². The van der Waals surface area contributed by atoms with Gasteiger partial charge in [0, 0.05) is 71.1 Å². The Kier molecular flexibility index (Phi) is 7.12. The number of amides is 1. The molecule has 0 bridgehead atoms. The number of aliphatic imine (C=N–C) groups is 1. The fourth-order valence-corrected chi connectivity index (χ4v) is 4.80. The Hall–Kier alpha value is -2.54. The molecule has 2 aliphatic heterocycles. The summed E-state index contributed by atoms with van der Waals surface area (Å²) >= 11 is 0. The van der Waals surface area contributed by atoms with Crippen molar-refractivity contribution < 1.29 is 4.79 Å². The van der Waals surface area contributed by atoms with Gasteiger partial charge in [0.1, 0.15) is 0 Å². The Bertz CT molecular complexity index is 892. The van der Waals surface area contributed by atoms with E-state index in [1.807, 2.05) is 11.9 Å². The van der Waals surface area contributed by atoms with E-state index in [1.165, 1.54) is 10.9 Å². The predicted octanol–water partition coefficient (Wildman–Crippen LogP) is 2.24. The number of piperazine rings is 1. The molecule has 1 unspecified atom stereocenters. The lowest BCUT2D eigenvalue weighted by atomic mass is 10.2. The van der Waals surface area contributed by atoms with E-state index in [2.05, 4.69) is 68.1 Å². The molecule has 7 heteroatoms. The van der Waals surface area contributed by atoms with Crippen LogP contribution in [0.5, 0.6) is 0 Å². The van der Waals surface area contributed by atoms with E-state index in [9.17, 15) is 4.79 Å². The van der Waals surface area contributed by atoms with Crippen LogP contribution in [0.15, 0.2) is 41.5 Å². The maximum absolute atomic E-state index is 12.7. The second-order valence-corrected chi connectivity index (χ2v) is 8.63. The minimum atomic E-state index is -0.0216. The lowest BCUT2D eigenvalue weighted by Crippen LogP contribution is -2.57. The molecular weight excluding hydrogens is 388 g/mol. The molecule has 1 atom stereocenters. The van der Waals surface area contributed by atoms with Gasteiger partial charge in [-0.2, -0.15) is 0 Å². The zero-order valence-electron chi connectivity index (χ0n) is 19.0. The number of rotatable bonds is 6. The van der Waals surface area contributed by atoms with Gasteiger partial charge in [0.25, 0.3) is 0 Å². The average molecular weight is 425 g/mol. The number of para-hydroxylation sites is 1. The molecule has 2 saturated heterocycles. The smallest absolute Gasteiger partial charge is 0.239 e. The van der Waals surface area contributed by atoms with Crippen molar-refractivity contribution in [3.63, 3.8) is 0 Å². The van der Waals surface area contributed by atoms with Crippen molar-refractivity contribution in [3.8, 4) is 0 Å². The van der Waals surface area contributed by atoms with Crippen molar-refractivity contribution >= 4 is 22.8 Å². The maximum Gasteiger partial charge on any atom is 0.239 e. The van der Waals surface area contributed by atoms with E-state index < -0.39 is 0 Å². The number of aromatic nitrogens is 1. The zero-order chi connectivity index (χ0) is 21.6. The Morgan fingerprint density at radius 3 is 2.52 bits per heavy atom. The van der Waals surface area contributed by atoms with E-state index in [1.54, 1.807) is 0 Å². The number of likely N-dealkylation sites (tertiary alicyclic amines) is 1. The molecule has 2 aromatic rings. The van der Waals surface area contributed by atoms with Crippen LogP contribution in [0.1, 0.15) is 26.2 Å². The SMILES string of the molecule is CN=C(NCCCn1ccc2ccccc21)N1CCN(C(C)C(=O)N2CCCC2)CC1. The van der Waals surface area contributed by atoms with Gasteiger partial charge in [0.05, 0.1) is 6.04 Å². The number of benzene rings is 1. The third-order valence-electron chi connectivity index (χ3n) is 6.69. The van der Waals surface area contributed by atoms with Gasteiger partial charge in [0.2, 0.25) is 5.91 Å². The van der Waals surface area contributed by atoms with Crippen molar-refractivity contribution in [3.05, 3.63) is 36.5 Å². The van der Waals surface area contributed by atoms with Crippen molar-refractivity contribution in [1.82, 2.24) is 24.6 Å². The second kappa shape index (κ2) is 10.2. The van der Waals surface area contributed by atoms with Gasteiger partial charge >= 0.3 is 0 Å². The van der Waals surface area contributed by atoms with Gasteiger partial charge in [-0.3, -0.25) is 14.7 Å². The van der Waals surface area contributed by atoms with E-state index in [-0.39, 0.29) is 6.04 Å². The molecule has 7 nitrogen and oxygen atoms in total. The lowest BCUT2D eigenvalue weighted by molar-refractivity contribution is -0.135. The van der Waals surface area contributed by atoms with Gasteiger partial charge in [-0.15, -0.1) is 0 Å². The normalized spacial score (nSPS) is 19.2. The maximum atomic E-state index is 12.7. The summed E-state index contributed by atoms with van der Waals surface area (Å²) in [6.45, 7) is 9.41. The molecule has 0 saturated carbocycles. The minimum absolute atomic E-state index is 0.0216. The zero-order valence-corrected chi connectivity index (χ0v) is 19.0. The Labute approximate surface area is 185 Å². The van der Waals surface area contributed by atoms with Crippen LogP contribution in [-0.2, 0) is 11.3 Å². The summed E-state index contributed by atoms with van der Waals surface area (Å²) in [6, 6.07) is 10.7. The van der Waals surface area contributed by atoms with Crippen LogP contribution < -0.4 is 5.32 Å². The highest BCUT2D eigenvalue weighted by Crippen LogP contribution is 2.16. The number of nitrogens with one attached hydrogen (secondary N) is 1. The quantitative estimate of drug-likeness (QED) is 0.439. The molecular formula is C24H36N6O. The van der Waals surface area contributed by atoms with E-state index in [0.29, 0.717) is 5.91 Å². The molecule has 1 N–H and O–H groups in total. The molecule has 0 spiro atoms. The summed E-state index contributed by atoms with van der Waals surface area (Å²) in [4.78, 5) is 23.9. The minimum Gasteiger partial charge on any atom is -0.356 e. The summed E-state index contributed by atoms with van der Waals surface area (Å²) in [7, 11) is 1.85. The first kappa shape index (κ1) is 21.7.